The van der Waals surface area contributed by atoms with Crippen molar-refractivity contribution >= 4 is 0 Å². The molecule has 2 N–H and O–H groups in total. The maximum absolute atomic E-state index is 5.66. The van der Waals surface area contributed by atoms with Gasteiger partial charge in [0.25, 0.3) is 0 Å². The van der Waals surface area contributed by atoms with Crippen molar-refractivity contribution in [2.24, 2.45) is 0 Å². The van der Waals surface area contributed by atoms with E-state index >= 15 is 0 Å². The fourth-order valence-corrected chi connectivity index (χ4v) is 1.91. The van der Waals surface area contributed by atoms with Crippen LogP contribution in [-0.4, -0.2) is 37.9 Å². The highest BCUT2D eigenvalue weighted by Crippen LogP contribution is 2.11. The van der Waals surface area contributed by atoms with Crippen molar-refractivity contribution in [3.8, 4) is 0 Å². The van der Waals surface area contributed by atoms with Gasteiger partial charge in [-0.2, -0.15) is 0 Å². The predicted molar refractivity (Wildman–Crippen MR) is 68.8 cm³/mol. The minimum atomic E-state index is 0.243. The van der Waals surface area contributed by atoms with Gasteiger partial charge < -0.3 is 15.4 Å². The molecule has 0 amide bonds. The first-order valence-electron chi connectivity index (χ1n) is 6.65. The molecule has 0 aliphatic carbocycles. The molecule has 3 nitrogen and oxygen atoms in total. The first kappa shape index (κ1) is 13.9. The molecule has 1 atom stereocenters. The number of hydrogen-bond acceptors (Lipinski definition) is 3. The molecule has 1 unspecified atom stereocenters. The normalized spacial score (nSPS) is 22.3. The third-order valence-corrected chi connectivity index (χ3v) is 2.83. The van der Waals surface area contributed by atoms with Crippen LogP contribution >= 0.6 is 0 Å². The summed E-state index contributed by atoms with van der Waals surface area (Å²) in [6.45, 7) is 10.8. The van der Waals surface area contributed by atoms with E-state index in [4.69, 9.17) is 4.74 Å². The molecule has 0 bridgehead atoms. The van der Waals surface area contributed by atoms with Crippen LogP contribution in [0.25, 0.3) is 0 Å². The van der Waals surface area contributed by atoms with E-state index in [1.807, 2.05) is 0 Å². The van der Waals surface area contributed by atoms with Crippen molar-refractivity contribution < 1.29 is 4.74 Å². The van der Waals surface area contributed by atoms with Crippen LogP contribution < -0.4 is 10.6 Å². The Kier molecular flexibility index (Phi) is 6.32. The zero-order valence-corrected chi connectivity index (χ0v) is 11.1. The monoisotopic (exact) mass is 228 g/mol. The van der Waals surface area contributed by atoms with E-state index < -0.39 is 0 Å². The van der Waals surface area contributed by atoms with Crippen LogP contribution in [0.5, 0.6) is 0 Å². The lowest BCUT2D eigenvalue weighted by atomic mass is 10.1. The third kappa shape index (κ3) is 7.20. The van der Waals surface area contributed by atoms with Gasteiger partial charge in [-0.25, -0.2) is 0 Å². The molecule has 3 heteroatoms. The van der Waals surface area contributed by atoms with Crippen molar-refractivity contribution in [2.45, 2.75) is 58.1 Å². The Morgan fingerprint density at radius 1 is 1.19 bits per heavy atom. The van der Waals surface area contributed by atoms with Crippen molar-refractivity contribution in [1.29, 1.82) is 0 Å². The molecular weight excluding hydrogens is 200 g/mol. The molecule has 0 aromatic rings. The van der Waals surface area contributed by atoms with Gasteiger partial charge in [-0.05, 0) is 59.5 Å². The van der Waals surface area contributed by atoms with E-state index in [-0.39, 0.29) is 5.54 Å². The summed E-state index contributed by atoms with van der Waals surface area (Å²) in [5.74, 6) is 0. The van der Waals surface area contributed by atoms with Gasteiger partial charge in [0.15, 0.2) is 0 Å². The molecule has 16 heavy (non-hydrogen) atoms. The molecule has 1 fully saturated rings. The van der Waals surface area contributed by atoms with E-state index in [0.29, 0.717) is 6.10 Å². The molecule has 0 saturated carbocycles. The van der Waals surface area contributed by atoms with Crippen LogP contribution in [0.1, 0.15) is 46.5 Å². The zero-order chi connectivity index (χ0) is 11.9. The van der Waals surface area contributed by atoms with Gasteiger partial charge in [-0.3, -0.25) is 0 Å². The Hall–Kier alpha value is -0.120. The van der Waals surface area contributed by atoms with Crippen molar-refractivity contribution in [3.05, 3.63) is 0 Å². The first-order chi connectivity index (χ1) is 7.58. The first-order valence-corrected chi connectivity index (χ1v) is 6.65. The van der Waals surface area contributed by atoms with Crippen LogP contribution in [-0.2, 0) is 4.74 Å². The van der Waals surface area contributed by atoms with Crippen LogP contribution in [0.4, 0.5) is 0 Å². The van der Waals surface area contributed by atoms with Gasteiger partial charge in [0, 0.05) is 18.7 Å². The summed E-state index contributed by atoms with van der Waals surface area (Å²) in [6.07, 6.45) is 5.45. The Labute approximate surface area is 100 Å². The molecule has 0 spiro atoms. The lowest BCUT2D eigenvalue weighted by molar-refractivity contribution is 0.0170. The number of nitrogens with one attached hydrogen (secondary N) is 2. The highest BCUT2D eigenvalue weighted by molar-refractivity contribution is 4.70. The molecular formula is C13H28N2O. The average molecular weight is 228 g/mol. The fourth-order valence-electron chi connectivity index (χ4n) is 1.91. The van der Waals surface area contributed by atoms with Gasteiger partial charge in [0.05, 0.1) is 6.10 Å². The Morgan fingerprint density at radius 2 is 2.00 bits per heavy atom. The van der Waals surface area contributed by atoms with Gasteiger partial charge in [-0.15, -0.1) is 0 Å². The largest absolute Gasteiger partial charge is 0.377 e. The summed E-state index contributed by atoms with van der Waals surface area (Å²) in [6, 6.07) is 0. The highest BCUT2D eigenvalue weighted by atomic mass is 16.5. The molecule has 0 aromatic carbocycles. The second-order valence-electron chi connectivity index (χ2n) is 5.72. The number of rotatable bonds is 6. The number of ether oxygens (including phenoxy) is 1. The average Bonchev–Trinajstić information content (AvgIpc) is 2.23. The van der Waals surface area contributed by atoms with Gasteiger partial charge in [-0.1, -0.05) is 0 Å². The van der Waals surface area contributed by atoms with Crippen LogP contribution in [0.3, 0.4) is 0 Å². The van der Waals surface area contributed by atoms with E-state index in [2.05, 4.69) is 31.4 Å². The van der Waals surface area contributed by atoms with Crippen LogP contribution in [0, 0.1) is 0 Å². The summed E-state index contributed by atoms with van der Waals surface area (Å²) in [7, 11) is 0. The Balaban J connectivity index is 1.87. The van der Waals surface area contributed by atoms with Crippen molar-refractivity contribution in [2.75, 3.05) is 26.2 Å². The molecule has 1 saturated heterocycles. The zero-order valence-electron chi connectivity index (χ0n) is 11.1. The molecule has 0 radical (unpaired) electrons. The van der Waals surface area contributed by atoms with E-state index in [1.165, 1.54) is 25.7 Å². The second-order valence-corrected chi connectivity index (χ2v) is 5.72. The Morgan fingerprint density at radius 3 is 2.62 bits per heavy atom. The van der Waals surface area contributed by atoms with Gasteiger partial charge in [0.2, 0.25) is 0 Å². The molecule has 1 aliphatic heterocycles. The molecule has 1 rings (SSSR count). The molecule has 1 aliphatic rings. The Bertz CT molecular complexity index is 171. The molecule has 1 heterocycles. The highest BCUT2D eigenvalue weighted by Gasteiger charge is 2.12. The summed E-state index contributed by atoms with van der Waals surface area (Å²) in [5, 5.41) is 6.97. The quantitative estimate of drug-likeness (QED) is 0.682. The van der Waals surface area contributed by atoms with Crippen molar-refractivity contribution in [3.63, 3.8) is 0 Å². The van der Waals surface area contributed by atoms with E-state index in [1.54, 1.807) is 0 Å². The maximum atomic E-state index is 5.66. The van der Waals surface area contributed by atoms with Crippen molar-refractivity contribution in [1.82, 2.24) is 10.6 Å². The molecule has 0 aromatic heterocycles. The minimum absolute atomic E-state index is 0.243. The van der Waals surface area contributed by atoms with Gasteiger partial charge in [0.1, 0.15) is 0 Å². The fraction of sp³-hybridized carbons (Fsp3) is 1.00. The standard InChI is InChI=1S/C13H28N2O/c1-13(2,3)15-9-6-8-14-11-12-7-4-5-10-16-12/h12,14-15H,4-11H2,1-3H3. The predicted octanol–water partition coefficient (Wildman–Crippen LogP) is 1.92. The summed E-state index contributed by atoms with van der Waals surface area (Å²) in [4.78, 5) is 0. The SMILES string of the molecule is CC(C)(C)NCCCNCC1CCCCO1. The smallest absolute Gasteiger partial charge is 0.0699 e. The third-order valence-electron chi connectivity index (χ3n) is 2.83. The van der Waals surface area contributed by atoms with Crippen LogP contribution in [0.2, 0.25) is 0 Å². The molecule has 96 valence electrons. The van der Waals surface area contributed by atoms with Gasteiger partial charge >= 0.3 is 0 Å². The summed E-state index contributed by atoms with van der Waals surface area (Å²) < 4.78 is 5.66. The minimum Gasteiger partial charge on any atom is -0.377 e. The second kappa shape index (κ2) is 7.25. The number of hydrogen-bond donors (Lipinski definition) is 2. The van der Waals surface area contributed by atoms with E-state index in [9.17, 15) is 0 Å². The lowest BCUT2D eigenvalue weighted by Gasteiger charge is -2.23. The summed E-state index contributed by atoms with van der Waals surface area (Å²) in [5.41, 5.74) is 0.243. The maximum Gasteiger partial charge on any atom is 0.0699 e. The lowest BCUT2D eigenvalue weighted by Crippen LogP contribution is -2.38. The topological polar surface area (TPSA) is 33.3 Å². The summed E-state index contributed by atoms with van der Waals surface area (Å²) >= 11 is 0. The van der Waals surface area contributed by atoms with Crippen LogP contribution in [0.15, 0.2) is 0 Å². The van der Waals surface area contributed by atoms with E-state index in [0.717, 1.165) is 26.2 Å².